The molecule has 200 valence electrons. The molecular weight excluding hydrogens is 426 g/mol. The van der Waals surface area contributed by atoms with E-state index in [0.29, 0.717) is 19.8 Å². The molecule has 0 aliphatic heterocycles. The minimum atomic E-state index is -2.48. The predicted octanol–water partition coefficient (Wildman–Crippen LogP) is 8.37. The van der Waals surface area contributed by atoms with Gasteiger partial charge >= 0.3 is 8.80 Å². The largest absolute Gasteiger partial charge is 0.501 e. The second kappa shape index (κ2) is 22.5. The van der Waals surface area contributed by atoms with Gasteiger partial charge in [0.1, 0.15) is 0 Å². The smallest absolute Gasteiger partial charge is 0.374 e. The minimum Gasteiger partial charge on any atom is -0.374 e. The van der Waals surface area contributed by atoms with Crippen molar-refractivity contribution in [3.63, 3.8) is 0 Å². The monoisotopic (exact) mass is 488 g/mol. The van der Waals surface area contributed by atoms with Crippen molar-refractivity contribution >= 4 is 8.80 Å². The van der Waals surface area contributed by atoms with Crippen LogP contribution in [0.1, 0.15) is 130 Å². The summed E-state index contributed by atoms with van der Waals surface area (Å²) in [6, 6.07) is 0.934. The van der Waals surface area contributed by atoms with E-state index in [-0.39, 0.29) is 0 Å². The lowest BCUT2D eigenvalue weighted by molar-refractivity contribution is -0.890. The van der Waals surface area contributed by atoms with Crippen molar-refractivity contribution in [1.82, 2.24) is 0 Å². The molecule has 0 rings (SSSR count). The molecule has 0 aliphatic rings. The molecule has 0 bridgehead atoms. The summed E-state index contributed by atoms with van der Waals surface area (Å²) in [7, 11) is 2.26. The van der Waals surface area contributed by atoms with Gasteiger partial charge in [0.2, 0.25) is 0 Å². The van der Waals surface area contributed by atoms with Crippen LogP contribution in [-0.4, -0.2) is 60.3 Å². The third kappa shape index (κ3) is 20.0. The molecule has 0 aliphatic carbocycles. The Morgan fingerprint density at radius 1 is 0.455 bits per heavy atom. The SMILES string of the molecule is CCCCCCCCCCCCCCCCC[N+](C)(C)CCC[Si](OCC)(OCC)OCC. The number of hydrogen-bond donors (Lipinski definition) is 0. The first-order chi connectivity index (χ1) is 15.9. The molecule has 0 N–H and O–H groups in total. The third-order valence-electron chi connectivity index (χ3n) is 6.71. The van der Waals surface area contributed by atoms with Crippen molar-refractivity contribution in [2.75, 3.05) is 47.0 Å². The zero-order chi connectivity index (χ0) is 24.7. The Hall–Kier alpha value is 0.0569. The molecule has 0 unspecified atom stereocenters. The molecule has 0 atom stereocenters. The van der Waals surface area contributed by atoms with E-state index in [9.17, 15) is 0 Å². The van der Waals surface area contributed by atoms with E-state index in [1.54, 1.807) is 0 Å². The van der Waals surface area contributed by atoms with Crippen LogP contribution in [0.4, 0.5) is 0 Å². The predicted molar refractivity (Wildman–Crippen MR) is 147 cm³/mol. The Morgan fingerprint density at radius 3 is 1.15 bits per heavy atom. The van der Waals surface area contributed by atoms with E-state index in [2.05, 4.69) is 21.0 Å². The zero-order valence-electron chi connectivity index (χ0n) is 23.7. The first-order valence-electron chi connectivity index (χ1n) is 14.7. The maximum Gasteiger partial charge on any atom is 0.501 e. The van der Waals surface area contributed by atoms with E-state index in [0.717, 1.165) is 16.9 Å². The Kier molecular flexibility index (Phi) is 22.6. The lowest BCUT2D eigenvalue weighted by Crippen LogP contribution is -2.48. The first kappa shape index (κ1) is 33.1. The fourth-order valence-electron chi connectivity index (χ4n) is 4.75. The summed E-state index contributed by atoms with van der Waals surface area (Å²) in [5.41, 5.74) is 0. The van der Waals surface area contributed by atoms with Crippen LogP contribution >= 0.6 is 0 Å². The minimum absolute atomic E-state index is 0.670. The van der Waals surface area contributed by atoms with Crippen LogP contribution in [0.3, 0.4) is 0 Å². The van der Waals surface area contributed by atoms with E-state index < -0.39 is 8.80 Å². The molecule has 0 spiro atoms. The quantitative estimate of drug-likeness (QED) is 0.0695. The molecule has 0 aromatic heterocycles. The Balaban J connectivity index is 3.71. The highest BCUT2D eigenvalue weighted by molar-refractivity contribution is 6.60. The van der Waals surface area contributed by atoms with Crippen LogP contribution in [0.15, 0.2) is 0 Å². The molecule has 0 aromatic carbocycles. The van der Waals surface area contributed by atoms with Gasteiger partial charge in [0, 0.05) is 32.3 Å². The van der Waals surface area contributed by atoms with Gasteiger partial charge in [0.15, 0.2) is 0 Å². The van der Waals surface area contributed by atoms with Crippen molar-refractivity contribution in [3.05, 3.63) is 0 Å². The van der Waals surface area contributed by atoms with E-state index in [1.807, 2.05) is 20.8 Å². The van der Waals surface area contributed by atoms with E-state index in [1.165, 1.54) is 109 Å². The van der Waals surface area contributed by atoms with Gasteiger partial charge in [-0.3, -0.25) is 0 Å². The van der Waals surface area contributed by atoms with Crippen LogP contribution in [0.25, 0.3) is 0 Å². The molecule has 33 heavy (non-hydrogen) atoms. The van der Waals surface area contributed by atoms with Gasteiger partial charge in [-0.05, 0) is 33.6 Å². The van der Waals surface area contributed by atoms with Crippen LogP contribution in [0.5, 0.6) is 0 Å². The summed E-state index contributed by atoms with van der Waals surface area (Å²) in [6.45, 7) is 12.9. The number of quaternary nitrogens is 1. The highest BCUT2D eigenvalue weighted by Crippen LogP contribution is 2.20. The molecule has 0 saturated carbocycles. The van der Waals surface area contributed by atoms with Gasteiger partial charge in [-0.1, -0.05) is 90.4 Å². The second-order valence-corrected chi connectivity index (χ2v) is 13.2. The summed E-state index contributed by atoms with van der Waals surface area (Å²) in [6.07, 6.45) is 22.5. The normalized spacial score (nSPS) is 12.5. The fraction of sp³-hybridized carbons (Fsp3) is 1.00. The average molecular weight is 489 g/mol. The molecule has 0 saturated heterocycles. The fourth-order valence-corrected chi connectivity index (χ4v) is 7.34. The van der Waals surface area contributed by atoms with Gasteiger partial charge in [0.05, 0.1) is 27.2 Å². The zero-order valence-corrected chi connectivity index (χ0v) is 24.7. The molecule has 0 fully saturated rings. The summed E-state index contributed by atoms with van der Waals surface area (Å²) < 4.78 is 19.1. The Labute approximate surface area is 210 Å². The average Bonchev–Trinajstić information content (AvgIpc) is 2.77. The maximum absolute atomic E-state index is 6.00. The molecular formula is C28H62NO3Si+. The Bertz CT molecular complexity index is 390. The van der Waals surface area contributed by atoms with E-state index in [4.69, 9.17) is 13.3 Å². The number of hydrogen-bond acceptors (Lipinski definition) is 3. The van der Waals surface area contributed by atoms with Crippen molar-refractivity contribution < 1.29 is 17.8 Å². The highest BCUT2D eigenvalue weighted by Gasteiger charge is 2.40. The molecule has 5 heteroatoms. The molecule has 0 aromatic rings. The van der Waals surface area contributed by atoms with Crippen LogP contribution < -0.4 is 0 Å². The van der Waals surface area contributed by atoms with Crippen molar-refractivity contribution in [1.29, 1.82) is 0 Å². The third-order valence-corrected chi connectivity index (χ3v) is 9.86. The highest BCUT2D eigenvalue weighted by atomic mass is 28.4. The summed E-state index contributed by atoms with van der Waals surface area (Å²) >= 11 is 0. The van der Waals surface area contributed by atoms with E-state index >= 15 is 0 Å². The van der Waals surface area contributed by atoms with Crippen LogP contribution in [0, 0.1) is 0 Å². The molecule has 4 nitrogen and oxygen atoms in total. The lowest BCUT2D eigenvalue weighted by atomic mass is 10.0. The summed E-state index contributed by atoms with van der Waals surface area (Å²) in [5.74, 6) is 0. The van der Waals surface area contributed by atoms with Gasteiger partial charge in [-0.25, -0.2) is 0 Å². The maximum atomic E-state index is 6.00. The van der Waals surface area contributed by atoms with Gasteiger partial charge in [0.25, 0.3) is 0 Å². The van der Waals surface area contributed by atoms with Crippen molar-refractivity contribution in [2.45, 2.75) is 136 Å². The molecule has 0 amide bonds. The number of unbranched alkanes of at least 4 members (excludes halogenated alkanes) is 14. The standard InChI is InChI=1S/C28H62NO3Si/c1-7-11-12-13-14-15-16-17-18-19-20-21-22-23-24-26-29(5,6)27-25-28-33(30-8-2,31-9-3)32-10-4/h7-28H2,1-6H3/q+1. The summed E-state index contributed by atoms with van der Waals surface area (Å²) in [4.78, 5) is 0. The van der Waals surface area contributed by atoms with Gasteiger partial charge in [-0.15, -0.1) is 0 Å². The lowest BCUT2D eigenvalue weighted by Gasteiger charge is -2.32. The molecule has 0 radical (unpaired) electrons. The second-order valence-electron chi connectivity index (χ2n) is 10.4. The van der Waals surface area contributed by atoms with Gasteiger partial charge in [-0.2, -0.15) is 0 Å². The van der Waals surface area contributed by atoms with Crippen molar-refractivity contribution in [2.24, 2.45) is 0 Å². The summed E-state index contributed by atoms with van der Waals surface area (Å²) in [5, 5.41) is 0. The van der Waals surface area contributed by atoms with Crippen LogP contribution in [-0.2, 0) is 13.3 Å². The number of rotatable bonds is 26. The Morgan fingerprint density at radius 2 is 0.788 bits per heavy atom. The first-order valence-corrected chi connectivity index (χ1v) is 16.6. The van der Waals surface area contributed by atoms with Gasteiger partial charge < -0.3 is 17.8 Å². The topological polar surface area (TPSA) is 27.7 Å². The van der Waals surface area contributed by atoms with Crippen LogP contribution in [0.2, 0.25) is 6.04 Å². The number of nitrogens with zero attached hydrogens (tertiary/aromatic N) is 1. The molecule has 0 heterocycles. The van der Waals surface area contributed by atoms with Crippen molar-refractivity contribution in [3.8, 4) is 0 Å².